The third-order valence-corrected chi connectivity index (χ3v) is 4.22. The molecule has 1 aliphatic heterocycles. The molecule has 2 N–H and O–H groups in total. The van der Waals surface area contributed by atoms with Crippen LogP contribution >= 0.6 is 0 Å². The largest absolute Gasteiger partial charge is 0.338 e. The second-order valence-electron chi connectivity index (χ2n) is 5.83. The number of rotatable bonds is 3. The molecule has 21 heavy (non-hydrogen) atoms. The Morgan fingerprint density at radius 1 is 1.48 bits per heavy atom. The van der Waals surface area contributed by atoms with E-state index in [1.54, 1.807) is 17.9 Å². The summed E-state index contributed by atoms with van der Waals surface area (Å²) in [5.74, 6) is 0.653. The summed E-state index contributed by atoms with van der Waals surface area (Å²) in [6.07, 6.45) is 0.918. The number of nitrogens with zero attached hydrogens (tertiary/aromatic N) is 2. The number of hydrogen-bond donors (Lipinski definition) is 1. The molecule has 0 aliphatic carbocycles. The molecule has 2 unspecified atom stereocenters. The van der Waals surface area contributed by atoms with Crippen molar-refractivity contribution >= 4 is 11.6 Å². The Kier molecular flexibility index (Phi) is 4.57. The van der Waals surface area contributed by atoms with E-state index in [0.717, 1.165) is 6.42 Å². The van der Waals surface area contributed by atoms with Gasteiger partial charge in [-0.05, 0) is 43.4 Å². The lowest BCUT2D eigenvalue weighted by atomic mass is 9.87. The molecule has 0 bridgehead atoms. The number of nitro groups is 1. The first-order chi connectivity index (χ1) is 9.92. The quantitative estimate of drug-likeness (QED) is 0.681. The summed E-state index contributed by atoms with van der Waals surface area (Å²) in [6.45, 7) is 5.76. The van der Waals surface area contributed by atoms with Crippen LogP contribution in [-0.4, -0.2) is 35.4 Å². The molecule has 1 aromatic rings. The number of nitro benzene ring substituents is 1. The van der Waals surface area contributed by atoms with Gasteiger partial charge < -0.3 is 10.6 Å². The van der Waals surface area contributed by atoms with E-state index in [1.165, 1.54) is 12.1 Å². The van der Waals surface area contributed by atoms with Gasteiger partial charge in [0.1, 0.15) is 0 Å². The number of carbonyl (C=O) groups excluding carboxylic acids is 1. The predicted molar refractivity (Wildman–Crippen MR) is 80.1 cm³/mol. The minimum atomic E-state index is -0.468. The highest BCUT2D eigenvalue weighted by molar-refractivity contribution is 5.95. The van der Waals surface area contributed by atoms with Gasteiger partial charge in [0.05, 0.1) is 4.92 Å². The average molecular weight is 291 g/mol. The van der Waals surface area contributed by atoms with Crippen molar-refractivity contribution in [3.05, 3.63) is 39.4 Å². The highest BCUT2D eigenvalue weighted by Gasteiger charge is 2.29. The number of carbonyl (C=O) groups is 1. The van der Waals surface area contributed by atoms with E-state index >= 15 is 0 Å². The van der Waals surface area contributed by atoms with E-state index in [-0.39, 0.29) is 11.6 Å². The lowest BCUT2D eigenvalue weighted by Crippen LogP contribution is -2.45. The van der Waals surface area contributed by atoms with Crippen LogP contribution in [0.4, 0.5) is 5.69 Å². The van der Waals surface area contributed by atoms with Crippen LogP contribution in [0, 0.1) is 28.9 Å². The van der Waals surface area contributed by atoms with Crippen molar-refractivity contribution in [2.75, 3.05) is 19.6 Å². The topological polar surface area (TPSA) is 89.5 Å². The second kappa shape index (κ2) is 6.22. The number of aryl methyl sites for hydroxylation is 1. The van der Waals surface area contributed by atoms with Gasteiger partial charge in [0, 0.05) is 30.8 Å². The van der Waals surface area contributed by atoms with Gasteiger partial charge in [-0.15, -0.1) is 0 Å². The molecule has 1 aromatic carbocycles. The zero-order valence-corrected chi connectivity index (χ0v) is 12.4. The molecule has 0 aromatic heterocycles. The van der Waals surface area contributed by atoms with Gasteiger partial charge in [-0.25, -0.2) is 0 Å². The maximum atomic E-state index is 12.6. The summed E-state index contributed by atoms with van der Waals surface area (Å²) >= 11 is 0. The molecule has 0 spiro atoms. The van der Waals surface area contributed by atoms with Crippen LogP contribution in [0.2, 0.25) is 0 Å². The number of non-ortho nitro benzene ring substituents is 1. The summed E-state index contributed by atoms with van der Waals surface area (Å²) < 4.78 is 0. The molecule has 0 saturated carbocycles. The van der Waals surface area contributed by atoms with E-state index < -0.39 is 4.92 Å². The fraction of sp³-hybridized carbons (Fsp3) is 0.533. The zero-order valence-electron chi connectivity index (χ0n) is 12.4. The van der Waals surface area contributed by atoms with Crippen molar-refractivity contribution in [1.29, 1.82) is 0 Å². The molecule has 114 valence electrons. The Morgan fingerprint density at radius 3 is 2.81 bits per heavy atom. The molecule has 6 heteroatoms. The molecule has 1 saturated heterocycles. The Morgan fingerprint density at radius 2 is 2.19 bits per heavy atom. The minimum Gasteiger partial charge on any atom is -0.338 e. The summed E-state index contributed by atoms with van der Waals surface area (Å²) in [5, 5.41) is 10.9. The van der Waals surface area contributed by atoms with Gasteiger partial charge in [0.15, 0.2) is 0 Å². The molecular formula is C15H21N3O3. The standard InChI is InChI=1S/C15H21N3O3/c1-10-5-12(7-14(6-10)18(20)21)15(19)17-4-3-11(2)13(8-16)9-17/h5-7,11,13H,3-4,8-9,16H2,1-2H3. The first-order valence-corrected chi connectivity index (χ1v) is 7.17. The van der Waals surface area contributed by atoms with Crippen LogP contribution in [0.3, 0.4) is 0 Å². The minimum absolute atomic E-state index is 0.0425. The number of amides is 1. The number of nitrogens with two attached hydrogens (primary N) is 1. The van der Waals surface area contributed by atoms with E-state index in [4.69, 9.17) is 5.73 Å². The highest BCUT2D eigenvalue weighted by atomic mass is 16.6. The first kappa shape index (κ1) is 15.4. The van der Waals surface area contributed by atoms with Crippen molar-refractivity contribution < 1.29 is 9.72 Å². The predicted octanol–water partition coefficient (Wildman–Crippen LogP) is 1.96. The van der Waals surface area contributed by atoms with E-state index in [9.17, 15) is 14.9 Å². The Hall–Kier alpha value is -1.95. The van der Waals surface area contributed by atoms with Crippen molar-refractivity contribution in [2.45, 2.75) is 20.3 Å². The van der Waals surface area contributed by atoms with E-state index in [2.05, 4.69) is 6.92 Å². The monoisotopic (exact) mass is 291 g/mol. The summed E-state index contributed by atoms with van der Waals surface area (Å²) in [5.41, 5.74) is 6.81. The van der Waals surface area contributed by atoms with Gasteiger partial charge in [-0.2, -0.15) is 0 Å². The van der Waals surface area contributed by atoms with Crippen molar-refractivity contribution in [3.63, 3.8) is 0 Å². The molecular weight excluding hydrogens is 270 g/mol. The van der Waals surface area contributed by atoms with Gasteiger partial charge in [0.2, 0.25) is 0 Å². The molecule has 1 fully saturated rings. The number of hydrogen-bond acceptors (Lipinski definition) is 4. The maximum absolute atomic E-state index is 12.6. The zero-order chi connectivity index (χ0) is 15.6. The molecule has 1 heterocycles. The lowest BCUT2D eigenvalue weighted by Gasteiger charge is -2.36. The van der Waals surface area contributed by atoms with Crippen LogP contribution in [0.5, 0.6) is 0 Å². The third-order valence-electron chi connectivity index (χ3n) is 4.22. The fourth-order valence-corrected chi connectivity index (χ4v) is 2.82. The number of benzene rings is 1. The van der Waals surface area contributed by atoms with E-state index in [1.807, 2.05) is 0 Å². The Balaban J connectivity index is 2.22. The number of piperidine rings is 1. The SMILES string of the molecule is Cc1cc(C(=O)N2CCC(C)C(CN)C2)cc([N+](=O)[O-])c1. The molecule has 2 atom stereocenters. The van der Waals surface area contributed by atoms with Gasteiger partial charge in [0.25, 0.3) is 11.6 Å². The van der Waals surface area contributed by atoms with Crippen LogP contribution < -0.4 is 5.73 Å². The fourth-order valence-electron chi connectivity index (χ4n) is 2.82. The molecule has 0 radical (unpaired) electrons. The third kappa shape index (κ3) is 3.39. The van der Waals surface area contributed by atoms with Crippen molar-refractivity contribution in [1.82, 2.24) is 4.90 Å². The Bertz CT molecular complexity index is 559. The molecule has 2 rings (SSSR count). The first-order valence-electron chi connectivity index (χ1n) is 7.17. The summed E-state index contributed by atoms with van der Waals surface area (Å²) in [7, 11) is 0. The molecule has 6 nitrogen and oxygen atoms in total. The summed E-state index contributed by atoms with van der Waals surface area (Å²) in [4.78, 5) is 24.8. The van der Waals surface area contributed by atoms with Crippen LogP contribution in [0.15, 0.2) is 18.2 Å². The van der Waals surface area contributed by atoms with Crippen LogP contribution in [0.1, 0.15) is 29.3 Å². The average Bonchev–Trinajstić information content (AvgIpc) is 2.46. The van der Waals surface area contributed by atoms with Crippen LogP contribution in [0.25, 0.3) is 0 Å². The molecule has 1 aliphatic rings. The Labute approximate surface area is 124 Å². The summed E-state index contributed by atoms with van der Waals surface area (Å²) in [6, 6.07) is 4.52. The lowest BCUT2D eigenvalue weighted by molar-refractivity contribution is -0.384. The molecule has 1 amide bonds. The van der Waals surface area contributed by atoms with Crippen molar-refractivity contribution in [3.8, 4) is 0 Å². The van der Waals surface area contributed by atoms with Gasteiger partial charge in [-0.1, -0.05) is 6.92 Å². The maximum Gasteiger partial charge on any atom is 0.270 e. The highest BCUT2D eigenvalue weighted by Crippen LogP contribution is 2.25. The van der Waals surface area contributed by atoms with E-state index in [0.29, 0.717) is 42.6 Å². The van der Waals surface area contributed by atoms with Gasteiger partial charge in [-0.3, -0.25) is 14.9 Å². The van der Waals surface area contributed by atoms with Crippen molar-refractivity contribution in [2.24, 2.45) is 17.6 Å². The van der Waals surface area contributed by atoms with Gasteiger partial charge >= 0.3 is 0 Å². The smallest absolute Gasteiger partial charge is 0.270 e. The normalized spacial score (nSPS) is 22.1. The van der Waals surface area contributed by atoms with Crippen LogP contribution in [-0.2, 0) is 0 Å². The number of likely N-dealkylation sites (tertiary alicyclic amines) is 1. The second-order valence-corrected chi connectivity index (χ2v) is 5.83.